The van der Waals surface area contributed by atoms with Crippen molar-refractivity contribution in [3.05, 3.63) is 18.1 Å². The van der Waals surface area contributed by atoms with E-state index in [2.05, 4.69) is 39.1 Å². The Morgan fingerprint density at radius 3 is 2.80 bits per heavy atom. The maximum Gasteiger partial charge on any atom is 0.147 e. The van der Waals surface area contributed by atoms with Crippen molar-refractivity contribution in [1.82, 2.24) is 20.2 Å². The quantitative estimate of drug-likeness (QED) is 0.896. The fourth-order valence-corrected chi connectivity index (χ4v) is 3.37. The highest BCUT2D eigenvalue weighted by Crippen LogP contribution is 2.29. The summed E-state index contributed by atoms with van der Waals surface area (Å²) in [5.41, 5.74) is 1.02. The van der Waals surface area contributed by atoms with E-state index < -0.39 is 0 Å². The van der Waals surface area contributed by atoms with Gasteiger partial charge >= 0.3 is 0 Å². The first-order valence-corrected chi connectivity index (χ1v) is 7.76. The van der Waals surface area contributed by atoms with Gasteiger partial charge in [-0.3, -0.25) is 9.88 Å². The number of hydrogen-bond acceptors (Lipinski definition) is 5. The standard InChI is InChI=1S/C15H25N5/c1-3-16-8-12-9-18-15(10-17-12)20-7-6-13-4-5-14(11-20)19(13)2/h9-10,13-14,16H,3-8,11H2,1-2H3. The van der Waals surface area contributed by atoms with Crippen molar-refractivity contribution in [2.24, 2.45) is 0 Å². The molecule has 2 bridgehead atoms. The lowest BCUT2D eigenvalue weighted by Gasteiger charge is -2.26. The molecule has 2 fully saturated rings. The summed E-state index contributed by atoms with van der Waals surface area (Å²) in [4.78, 5) is 14.1. The van der Waals surface area contributed by atoms with Gasteiger partial charge in [-0.2, -0.15) is 0 Å². The highest BCUT2D eigenvalue weighted by molar-refractivity contribution is 5.36. The molecule has 2 unspecified atom stereocenters. The maximum absolute atomic E-state index is 4.61. The van der Waals surface area contributed by atoms with E-state index in [0.717, 1.165) is 43.7 Å². The van der Waals surface area contributed by atoms with Crippen molar-refractivity contribution in [3.8, 4) is 0 Å². The second kappa shape index (κ2) is 6.06. The number of nitrogens with one attached hydrogen (secondary N) is 1. The lowest BCUT2D eigenvalue weighted by atomic mass is 10.1. The molecule has 0 radical (unpaired) electrons. The fraction of sp³-hybridized carbons (Fsp3) is 0.733. The van der Waals surface area contributed by atoms with Gasteiger partial charge in [0.1, 0.15) is 5.82 Å². The van der Waals surface area contributed by atoms with Gasteiger partial charge in [0.2, 0.25) is 0 Å². The van der Waals surface area contributed by atoms with Crippen LogP contribution in [0.15, 0.2) is 12.4 Å². The molecule has 5 heteroatoms. The third-order valence-corrected chi connectivity index (χ3v) is 4.72. The molecule has 0 amide bonds. The van der Waals surface area contributed by atoms with Crippen molar-refractivity contribution < 1.29 is 0 Å². The minimum atomic E-state index is 0.686. The second-order valence-electron chi connectivity index (χ2n) is 5.93. The summed E-state index contributed by atoms with van der Waals surface area (Å²) < 4.78 is 0. The average molecular weight is 275 g/mol. The minimum Gasteiger partial charge on any atom is -0.354 e. The van der Waals surface area contributed by atoms with Crippen LogP contribution >= 0.6 is 0 Å². The third-order valence-electron chi connectivity index (χ3n) is 4.72. The summed E-state index contributed by atoms with van der Waals surface area (Å²) in [6, 6.07) is 1.46. The molecule has 2 aliphatic heterocycles. The van der Waals surface area contributed by atoms with E-state index in [1.807, 2.05) is 12.4 Å². The Morgan fingerprint density at radius 2 is 2.05 bits per heavy atom. The van der Waals surface area contributed by atoms with Gasteiger partial charge in [0.15, 0.2) is 0 Å². The number of fused-ring (bicyclic) bond motifs is 2. The van der Waals surface area contributed by atoms with Crippen LogP contribution in [0.5, 0.6) is 0 Å². The summed E-state index contributed by atoms with van der Waals surface area (Å²) >= 11 is 0. The SMILES string of the molecule is CCNCc1cnc(N2CCC3CCC(C2)N3C)cn1. The third kappa shape index (κ3) is 2.79. The summed E-state index contributed by atoms with van der Waals surface area (Å²) in [5, 5.41) is 3.28. The molecule has 0 aliphatic carbocycles. The molecule has 3 heterocycles. The van der Waals surface area contributed by atoms with E-state index in [1.54, 1.807) is 0 Å². The zero-order valence-corrected chi connectivity index (χ0v) is 12.5. The zero-order valence-electron chi connectivity index (χ0n) is 12.5. The van der Waals surface area contributed by atoms with Gasteiger partial charge in [0.05, 0.1) is 18.1 Å². The molecule has 0 aromatic carbocycles. The molecular weight excluding hydrogens is 250 g/mol. The Kier molecular flexibility index (Phi) is 4.17. The van der Waals surface area contributed by atoms with Gasteiger partial charge in [-0.1, -0.05) is 6.92 Å². The van der Waals surface area contributed by atoms with E-state index in [-0.39, 0.29) is 0 Å². The van der Waals surface area contributed by atoms with Gasteiger partial charge < -0.3 is 10.2 Å². The Morgan fingerprint density at radius 1 is 1.20 bits per heavy atom. The molecule has 0 spiro atoms. The van der Waals surface area contributed by atoms with Gasteiger partial charge in [-0.15, -0.1) is 0 Å². The van der Waals surface area contributed by atoms with Crippen molar-refractivity contribution in [3.63, 3.8) is 0 Å². The van der Waals surface area contributed by atoms with E-state index >= 15 is 0 Å². The first-order chi connectivity index (χ1) is 9.78. The molecule has 5 nitrogen and oxygen atoms in total. The van der Waals surface area contributed by atoms with Crippen molar-refractivity contribution in [1.29, 1.82) is 0 Å². The van der Waals surface area contributed by atoms with Crippen LogP contribution in [-0.2, 0) is 6.54 Å². The molecule has 1 aromatic rings. The molecule has 2 aliphatic rings. The number of aromatic nitrogens is 2. The maximum atomic E-state index is 4.61. The van der Waals surface area contributed by atoms with Crippen LogP contribution in [0.1, 0.15) is 31.9 Å². The van der Waals surface area contributed by atoms with Gasteiger partial charge in [0, 0.05) is 31.7 Å². The smallest absolute Gasteiger partial charge is 0.147 e. The Balaban J connectivity index is 1.67. The molecule has 2 saturated heterocycles. The molecule has 0 saturated carbocycles. The Labute approximate surface area is 121 Å². The normalized spacial score (nSPS) is 26.8. The number of anilines is 1. The molecule has 110 valence electrons. The first kappa shape index (κ1) is 13.8. The van der Waals surface area contributed by atoms with Crippen LogP contribution in [-0.4, -0.2) is 53.6 Å². The molecule has 1 aromatic heterocycles. The number of nitrogens with zero attached hydrogens (tertiary/aromatic N) is 4. The molecule has 3 rings (SSSR count). The van der Waals surface area contributed by atoms with E-state index in [1.165, 1.54) is 19.3 Å². The highest BCUT2D eigenvalue weighted by atomic mass is 15.3. The predicted octanol–water partition coefficient (Wildman–Crippen LogP) is 1.26. The van der Waals surface area contributed by atoms with Crippen molar-refractivity contribution in [2.75, 3.05) is 31.6 Å². The van der Waals surface area contributed by atoms with Crippen LogP contribution in [0.2, 0.25) is 0 Å². The molecule has 2 atom stereocenters. The van der Waals surface area contributed by atoms with Gasteiger partial charge in [0.25, 0.3) is 0 Å². The number of hydrogen-bond donors (Lipinski definition) is 1. The van der Waals surface area contributed by atoms with Crippen LogP contribution in [0.3, 0.4) is 0 Å². The summed E-state index contributed by atoms with van der Waals surface area (Å²) in [5.74, 6) is 1.03. The van der Waals surface area contributed by atoms with E-state index in [0.29, 0.717) is 6.04 Å². The Bertz CT molecular complexity index is 432. The minimum absolute atomic E-state index is 0.686. The summed E-state index contributed by atoms with van der Waals surface area (Å²) in [6.45, 7) is 6.06. The fourth-order valence-electron chi connectivity index (χ4n) is 3.37. The largest absolute Gasteiger partial charge is 0.354 e. The van der Waals surface area contributed by atoms with Crippen LogP contribution in [0.25, 0.3) is 0 Å². The molecule has 1 N–H and O–H groups in total. The zero-order chi connectivity index (χ0) is 13.9. The summed E-state index contributed by atoms with van der Waals surface area (Å²) in [6.07, 6.45) is 7.77. The van der Waals surface area contributed by atoms with Crippen molar-refractivity contribution in [2.45, 2.75) is 44.8 Å². The predicted molar refractivity (Wildman–Crippen MR) is 80.8 cm³/mol. The van der Waals surface area contributed by atoms with Gasteiger partial charge in [-0.25, -0.2) is 4.98 Å². The van der Waals surface area contributed by atoms with Crippen LogP contribution in [0.4, 0.5) is 5.82 Å². The highest BCUT2D eigenvalue weighted by Gasteiger charge is 2.34. The van der Waals surface area contributed by atoms with Crippen LogP contribution in [0, 0.1) is 0 Å². The topological polar surface area (TPSA) is 44.3 Å². The summed E-state index contributed by atoms with van der Waals surface area (Å²) in [7, 11) is 2.27. The molecule has 20 heavy (non-hydrogen) atoms. The van der Waals surface area contributed by atoms with Crippen LogP contribution < -0.4 is 10.2 Å². The lowest BCUT2D eigenvalue weighted by Crippen LogP contribution is -2.37. The number of likely N-dealkylation sites (N-methyl/N-ethyl adjacent to an activating group) is 1. The number of rotatable bonds is 4. The van der Waals surface area contributed by atoms with Crippen molar-refractivity contribution >= 4 is 5.82 Å². The van der Waals surface area contributed by atoms with Gasteiger partial charge in [-0.05, 0) is 32.9 Å². The van der Waals surface area contributed by atoms with E-state index in [9.17, 15) is 0 Å². The Hall–Kier alpha value is -1.20. The van der Waals surface area contributed by atoms with E-state index in [4.69, 9.17) is 0 Å². The molecular formula is C15H25N5. The average Bonchev–Trinajstić information content (AvgIpc) is 2.71. The lowest BCUT2D eigenvalue weighted by molar-refractivity contribution is 0.254. The second-order valence-corrected chi connectivity index (χ2v) is 5.93. The first-order valence-electron chi connectivity index (χ1n) is 7.76. The monoisotopic (exact) mass is 275 g/mol.